The van der Waals surface area contributed by atoms with Gasteiger partial charge in [0.1, 0.15) is 12.7 Å². The van der Waals surface area contributed by atoms with E-state index in [0.717, 1.165) is 116 Å². The third-order valence-electron chi connectivity index (χ3n) is 12.4. The van der Waals surface area contributed by atoms with E-state index in [0.29, 0.717) is 19.3 Å². The summed E-state index contributed by atoms with van der Waals surface area (Å²) in [6.45, 7) is 4.50. The molecule has 0 aromatic carbocycles. The average Bonchev–Trinajstić information content (AvgIpc) is 3.37. The molecular weight excluding hydrogens is 928 g/mol. The number of phosphoric ester groups is 1. The second-order valence-corrected chi connectivity index (χ2v) is 20.9. The Labute approximate surface area is 440 Å². The van der Waals surface area contributed by atoms with Crippen molar-refractivity contribution in [1.29, 1.82) is 0 Å². The molecule has 3 atom stereocenters. The summed E-state index contributed by atoms with van der Waals surface area (Å²) in [5.74, 6) is -1.47. The van der Waals surface area contributed by atoms with Crippen molar-refractivity contribution in [2.45, 2.75) is 277 Å². The summed E-state index contributed by atoms with van der Waals surface area (Å²) in [5.41, 5.74) is 0. The number of hydrogen-bond acceptors (Lipinski definition) is 10. The minimum absolute atomic E-state index is 0.157. The van der Waals surface area contributed by atoms with E-state index in [1.165, 1.54) is 89.9 Å². The van der Waals surface area contributed by atoms with Crippen LogP contribution in [0.4, 0.5) is 0 Å². The first-order valence-corrected chi connectivity index (χ1v) is 30.7. The monoisotopic (exact) mass is 1030 g/mol. The Morgan fingerprint density at radius 1 is 0.403 bits per heavy atom. The van der Waals surface area contributed by atoms with E-state index < -0.39 is 57.8 Å². The van der Waals surface area contributed by atoms with Crippen LogP contribution < -0.4 is 0 Å². The number of allylic oxidation sites excluding steroid dienone is 10. The van der Waals surface area contributed by atoms with Gasteiger partial charge in [0.05, 0.1) is 19.8 Å². The molecule has 2 N–H and O–H groups in total. The number of carbonyl (C=O) groups excluding carboxylic acids is 3. The van der Waals surface area contributed by atoms with E-state index in [-0.39, 0.29) is 25.9 Å². The van der Waals surface area contributed by atoms with Crippen LogP contribution in [0.1, 0.15) is 265 Å². The Hall–Kier alpha value is -2.82. The molecule has 0 amide bonds. The van der Waals surface area contributed by atoms with Crippen LogP contribution in [0.3, 0.4) is 0 Å². The van der Waals surface area contributed by atoms with Crippen molar-refractivity contribution in [2.24, 2.45) is 0 Å². The van der Waals surface area contributed by atoms with Gasteiger partial charge in [-0.25, -0.2) is 4.57 Å². The van der Waals surface area contributed by atoms with Crippen LogP contribution in [0.2, 0.25) is 0 Å². The molecule has 0 saturated carbocycles. The van der Waals surface area contributed by atoms with Gasteiger partial charge in [-0.15, -0.1) is 0 Å². The number of rotatable bonds is 54. The van der Waals surface area contributed by atoms with Crippen molar-refractivity contribution in [3.63, 3.8) is 0 Å². The second-order valence-electron chi connectivity index (χ2n) is 19.4. The second kappa shape index (κ2) is 54.4. The molecule has 0 radical (unpaired) electrons. The highest BCUT2D eigenvalue weighted by molar-refractivity contribution is 7.47. The van der Waals surface area contributed by atoms with Crippen LogP contribution in [-0.2, 0) is 42.2 Å². The zero-order valence-electron chi connectivity index (χ0n) is 46.1. The summed E-state index contributed by atoms with van der Waals surface area (Å²) in [7, 11) is -4.75. The van der Waals surface area contributed by atoms with Gasteiger partial charge in [-0.2, -0.15) is 0 Å². The summed E-state index contributed by atoms with van der Waals surface area (Å²) >= 11 is 0. The van der Waals surface area contributed by atoms with E-state index in [1.807, 2.05) is 0 Å². The molecule has 0 rings (SSSR count). The van der Waals surface area contributed by atoms with E-state index in [2.05, 4.69) is 81.5 Å². The molecule has 72 heavy (non-hydrogen) atoms. The Bertz CT molecular complexity index is 1440. The minimum Gasteiger partial charge on any atom is -0.462 e. The van der Waals surface area contributed by atoms with Gasteiger partial charge in [-0.1, -0.05) is 223 Å². The number of esters is 3. The van der Waals surface area contributed by atoms with E-state index in [4.69, 9.17) is 23.3 Å². The fourth-order valence-corrected chi connectivity index (χ4v) is 8.77. The zero-order chi connectivity index (χ0) is 52.7. The number of aliphatic hydroxyl groups is 1. The van der Waals surface area contributed by atoms with Gasteiger partial charge in [0, 0.05) is 19.3 Å². The minimum atomic E-state index is -4.75. The lowest BCUT2D eigenvalue weighted by molar-refractivity contribution is -0.161. The van der Waals surface area contributed by atoms with Crippen molar-refractivity contribution in [3.05, 3.63) is 60.8 Å². The van der Waals surface area contributed by atoms with E-state index in [1.54, 1.807) is 0 Å². The smallest absolute Gasteiger partial charge is 0.462 e. The molecule has 0 aliphatic carbocycles. The summed E-state index contributed by atoms with van der Waals surface area (Å²) in [6.07, 6.45) is 58.9. The van der Waals surface area contributed by atoms with Crippen LogP contribution in [0, 0.1) is 0 Å². The molecule has 12 heteroatoms. The molecule has 418 valence electrons. The zero-order valence-corrected chi connectivity index (χ0v) is 47.0. The lowest BCUT2D eigenvalue weighted by atomic mass is 10.1. The van der Waals surface area contributed by atoms with Gasteiger partial charge in [0.2, 0.25) is 0 Å². The summed E-state index contributed by atoms with van der Waals surface area (Å²) < 4.78 is 39.5. The lowest BCUT2D eigenvalue weighted by Crippen LogP contribution is -2.30. The molecular formula is C60H107O11P. The van der Waals surface area contributed by atoms with Gasteiger partial charge in [-0.3, -0.25) is 23.4 Å². The normalized spacial score (nSPS) is 13.8. The fraction of sp³-hybridized carbons (Fsp3) is 0.783. The highest BCUT2D eigenvalue weighted by Crippen LogP contribution is 2.43. The van der Waals surface area contributed by atoms with E-state index >= 15 is 0 Å². The largest absolute Gasteiger partial charge is 0.472 e. The summed E-state index contributed by atoms with van der Waals surface area (Å²) in [5, 5.41) is 9.82. The number of unbranched alkanes of at least 4 members (excludes halogenated alkanes) is 27. The molecule has 3 unspecified atom stereocenters. The van der Waals surface area contributed by atoms with Crippen molar-refractivity contribution >= 4 is 25.7 Å². The standard InChI is InChI=1S/C60H107O11P/c1-4-7-10-13-16-19-22-24-26-28-30-32-35-38-41-44-47-50-59(63)70-56(52-61)54-68-72(65,66)69-55-57(53-67-58(62)49-46-43-40-37-34-21-18-15-12-9-6-3)71-60(64)51-48-45-42-39-36-33-31-29-27-25-23-20-17-14-11-8-5-2/h8,11,16-17,19-20,24-27,56-57,61H,4-7,9-10,12-15,18,21-23,28-55H2,1-3H3,(H,65,66)/b11-8-,19-16-,20-17-,26-24-,27-25-. The molecule has 0 aliphatic rings. The Balaban J connectivity index is 4.67. The topological polar surface area (TPSA) is 155 Å². The van der Waals surface area contributed by atoms with Crippen molar-refractivity contribution in [1.82, 2.24) is 0 Å². The van der Waals surface area contributed by atoms with Gasteiger partial charge < -0.3 is 24.2 Å². The molecule has 11 nitrogen and oxygen atoms in total. The number of aliphatic hydroxyl groups excluding tert-OH is 1. The molecule has 0 spiro atoms. The SMILES string of the molecule is CC/C=C\C/C=C\C/C=C\CCCCCCCCCC(=O)OC(COC(=O)CCCCCCCCCCCCC)COP(=O)(O)OCC(CO)OC(=O)CCCCCCCCC/C=C\C/C=C\CCCCC. The van der Waals surface area contributed by atoms with Crippen molar-refractivity contribution in [2.75, 3.05) is 26.4 Å². The predicted molar refractivity (Wildman–Crippen MR) is 298 cm³/mol. The van der Waals surface area contributed by atoms with Crippen LogP contribution in [0.25, 0.3) is 0 Å². The van der Waals surface area contributed by atoms with Crippen LogP contribution in [-0.4, -0.2) is 66.5 Å². The maximum Gasteiger partial charge on any atom is 0.472 e. The quantitative estimate of drug-likeness (QED) is 0.0197. The summed E-state index contributed by atoms with van der Waals surface area (Å²) in [4.78, 5) is 48.5. The third-order valence-corrected chi connectivity index (χ3v) is 13.4. The van der Waals surface area contributed by atoms with E-state index in [9.17, 15) is 28.9 Å². The fourth-order valence-electron chi connectivity index (χ4n) is 7.99. The molecule has 0 aromatic heterocycles. The van der Waals surface area contributed by atoms with Gasteiger partial charge in [0.15, 0.2) is 6.10 Å². The third kappa shape index (κ3) is 52.1. The molecule has 0 aliphatic heterocycles. The van der Waals surface area contributed by atoms with Crippen molar-refractivity contribution in [3.8, 4) is 0 Å². The first kappa shape index (κ1) is 69.2. The molecule has 0 heterocycles. The van der Waals surface area contributed by atoms with Crippen LogP contribution >= 0.6 is 7.82 Å². The maximum atomic E-state index is 12.9. The first-order valence-electron chi connectivity index (χ1n) is 29.2. The molecule has 0 saturated heterocycles. The van der Waals surface area contributed by atoms with Gasteiger partial charge >= 0.3 is 25.7 Å². The first-order chi connectivity index (χ1) is 35.2. The summed E-state index contributed by atoms with van der Waals surface area (Å²) in [6, 6.07) is 0. The number of phosphoric acid groups is 1. The van der Waals surface area contributed by atoms with Gasteiger partial charge in [0.25, 0.3) is 0 Å². The highest BCUT2D eigenvalue weighted by atomic mass is 31.2. The Morgan fingerprint density at radius 3 is 1.14 bits per heavy atom. The maximum absolute atomic E-state index is 12.9. The number of ether oxygens (including phenoxy) is 3. The number of hydrogen-bond donors (Lipinski definition) is 2. The highest BCUT2D eigenvalue weighted by Gasteiger charge is 2.28. The van der Waals surface area contributed by atoms with Crippen LogP contribution in [0.5, 0.6) is 0 Å². The average molecular weight is 1040 g/mol. The molecule has 0 aromatic rings. The Morgan fingerprint density at radius 2 is 0.722 bits per heavy atom. The Kier molecular flexibility index (Phi) is 52.3. The lowest BCUT2D eigenvalue weighted by Gasteiger charge is -2.21. The van der Waals surface area contributed by atoms with Crippen molar-refractivity contribution < 1.29 is 52.2 Å². The molecule has 0 fully saturated rings. The van der Waals surface area contributed by atoms with Crippen LogP contribution in [0.15, 0.2) is 60.8 Å². The van der Waals surface area contributed by atoms with Gasteiger partial charge in [-0.05, 0) is 83.5 Å². The predicted octanol–water partition coefficient (Wildman–Crippen LogP) is 17.1. The number of carbonyl (C=O) groups is 3. The molecule has 0 bridgehead atoms.